The number of benzene rings is 2. The summed E-state index contributed by atoms with van der Waals surface area (Å²) in [7, 11) is 0. The molecule has 1 saturated heterocycles. The quantitative estimate of drug-likeness (QED) is 0.801. The number of para-hydroxylation sites is 1. The number of nitrogens with one attached hydrogen (secondary N) is 1. The first kappa shape index (κ1) is 19.9. The highest BCUT2D eigenvalue weighted by Crippen LogP contribution is 2.33. The Balaban J connectivity index is 1.24. The van der Waals surface area contributed by atoms with Crippen LogP contribution in [0.1, 0.15) is 43.6 Å². The number of hydrogen-bond donors (Lipinski definition) is 1. The molecule has 2 aromatic rings. The van der Waals surface area contributed by atoms with Crippen molar-refractivity contribution >= 4 is 17.3 Å². The van der Waals surface area contributed by atoms with Gasteiger partial charge in [0.1, 0.15) is 5.82 Å². The van der Waals surface area contributed by atoms with E-state index >= 15 is 0 Å². The van der Waals surface area contributed by atoms with Crippen molar-refractivity contribution in [1.29, 1.82) is 0 Å². The molecule has 1 aliphatic heterocycles. The molecule has 0 unspecified atom stereocenters. The number of rotatable bonds is 5. The van der Waals surface area contributed by atoms with E-state index in [4.69, 9.17) is 0 Å². The Bertz CT molecular complexity index is 809. The minimum atomic E-state index is -0.185. The molecule has 2 aromatic carbocycles. The van der Waals surface area contributed by atoms with E-state index in [0.29, 0.717) is 18.2 Å². The van der Waals surface area contributed by atoms with Gasteiger partial charge < -0.3 is 10.2 Å². The van der Waals surface area contributed by atoms with Crippen molar-refractivity contribution in [2.24, 2.45) is 0 Å². The molecule has 1 N–H and O–H groups in total. The first-order valence-corrected chi connectivity index (χ1v) is 10.8. The van der Waals surface area contributed by atoms with E-state index in [9.17, 15) is 9.18 Å². The van der Waals surface area contributed by atoms with E-state index in [-0.39, 0.29) is 11.7 Å². The van der Waals surface area contributed by atoms with E-state index in [0.717, 1.165) is 31.9 Å². The molecular weight excluding hydrogens is 365 g/mol. The lowest BCUT2D eigenvalue weighted by Gasteiger charge is -2.35. The molecule has 1 heterocycles. The average molecular weight is 396 g/mol. The molecule has 2 fully saturated rings. The van der Waals surface area contributed by atoms with Crippen LogP contribution >= 0.6 is 0 Å². The SMILES string of the molecule is O=C(CN1CCN(c2ccccc2F)CC1)Nc1ccc(C2CCCCC2)cc1. The van der Waals surface area contributed by atoms with Crippen LogP contribution in [0, 0.1) is 5.82 Å². The molecule has 4 rings (SSSR count). The molecule has 4 nitrogen and oxygen atoms in total. The van der Waals surface area contributed by atoms with Gasteiger partial charge in [0.2, 0.25) is 5.91 Å². The van der Waals surface area contributed by atoms with Gasteiger partial charge in [-0.15, -0.1) is 0 Å². The minimum absolute atomic E-state index is 0.00904. The number of carbonyl (C=O) groups is 1. The van der Waals surface area contributed by atoms with Crippen LogP contribution in [0.5, 0.6) is 0 Å². The van der Waals surface area contributed by atoms with Crippen molar-refractivity contribution < 1.29 is 9.18 Å². The van der Waals surface area contributed by atoms with Crippen molar-refractivity contribution in [3.63, 3.8) is 0 Å². The Hall–Kier alpha value is -2.40. The maximum absolute atomic E-state index is 14.0. The van der Waals surface area contributed by atoms with E-state index < -0.39 is 0 Å². The fourth-order valence-corrected chi connectivity index (χ4v) is 4.53. The van der Waals surface area contributed by atoms with Gasteiger partial charge in [0.15, 0.2) is 0 Å². The molecular formula is C24H30FN3O. The molecule has 0 spiro atoms. The summed E-state index contributed by atoms with van der Waals surface area (Å²) in [5.41, 5.74) is 2.90. The van der Waals surface area contributed by atoms with Gasteiger partial charge in [0.05, 0.1) is 12.2 Å². The summed E-state index contributed by atoms with van der Waals surface area (Å²) in [4.78, 5) is 16.6. The lowest BCUT2D eigenvalue weighted by atomic mass is 9.84. The molecule has 5 heteroatoms. The molecule has 29 heavy (non-hydrogen) atoms. The molecule has 2 aliphatic rings. The average Bonchev–Trinajstić information content (AvgIpc) is 2.76. The minimum Gasteiger partial charge on any atom is -0.367 e. The van der Waals surface area contributed by atoms with Crippen LogP contribution in [0.3, 0.4) is 0 Å². The van der Waals surface area contributed by atoms with E-state index in [1.54, 1.807) is 6.07 Å². The van der Waals surface area contributed by atoms with Crippen molar-refractivity contribution in [3.8, 4) is 0 Å². The van der Waals surface area contributed by atoms with Gasteiger partial charge in [-0.2, -0.15) is 0 Å². The number of nitrogens with zero attached hydrogens (tertiary/aromatic N) is 2. The van der Waals surface area contributed by atoms with E-state index in [2.05, 4.69) is 22.3 Å². The summed E-state index contributed by atoms with van der Waals surface area (Å²) < 4.78 is 14.0. The normalized spacial score (nSPS) is 18.6. The third-order valence-electron chi connectivity index (χ3n) is 6.20. The number of halogens is 1. The second-order valence-corrected chi connectivity index (χ2v) is 8.22. The highest BCUT2D eigenvalue weighted by atomic mass is 19.1. The number of amides is 1. The van der Waals surface area contributed by atoms with Gasteiger partial charge in [-0.3, -0.25) is 9.69 Å². The van der Waals surface area contributed by atoms with Crippen LogP contribution in [-0.4, -0.2) is 43.5 Å². The second-order valence-electron chi connectivity index (χ2n) is 8.22. The number of hydrogen-bond acceptors (Lipinski definition) is 3. The van der Waals surface area contributed by atoms with Gasteiger partial charge in [0, 0.05) is 31.9 Å². The Kier molecular flexibility index (Phi) is 6.45. The largest absolute Gasteiger partial charge is 0.367 e. The predicted octanol–water partition coefficient (Wildman–Crippen LogP) is 4.63. The van der Waals surface area contributed by atoms with Crippen molar-refractivity contribution in [2.75, 3.05) is 42.9 Å². The number of anilines is 2. The fraction of sp³-hybridized carbons (Fsp3) is 0.458. The molecule has 1 saturated carbocycles. The molecule has 0 atom stereocenters. The molecule has 1 aliphatic carbocycles. The maximum atomic E-state index is 14.0. The monoisotopic (exact) mass is 395 g/mol. The third-order valence-corrected chi connectivity index (χ3v) is 6.20. The maximum Gasteiger partial charge on any atom is 0.238 e. The van der Waals surface area contributed by atoms with Crippen LogP contribution in [-0.2, 0) is 4.79 Å². The zero-order chi connectivity index (χ0) is 20.1. The first-order chi connectivity index (χ1) is 14.2. The Morgan fingerprint density at radius 1 is 0.931 bits per heavy atom. The third kappa shape index (κ3) is 5.15. The number of carbonyl (C=O) groups excluding carboxylic acids is 1. The molecule has 154 valence electrons. The summed E-state index contributed by atoms with van der Waals surface area (Å²) in [5, 5.41) is 3.02. The zero-order valence-corrected chi connectivity index (χ0v) is 16.9. The van der Waals surface area contributed by atoms with Crippen molar-refractivity contribution in [2.45, 2.75) is 38.0 Å². The summed E-state index contributed by atoms with van der Waals surface area (Å²) in [6, 6.07) is 15.3. The van der Waals surface area contributed by atoms with Gasteiger partial charge in [-0.05, 0) is 48.6 Å². The van der Waals surface area contributed by atoms with E-state index in [1.165, 1.54) is 43.7 Å². The van der Waals surface area contributed by atoms with Crippen molar-refractivity contribution in [3.05, 3.63) is 59.9 Å². The second kappa shape index (κ2) is 9.40. The smallest absolute Gasteiger partial charge is 0.238 e. The number of piperazine rings is 1. The Morgan fingerprint density at radius 2 is 1.62 bits per heavy atom. The summed E-state index contributed by atoms with van der Waals surface area (Å²) in [6.45, 7) is 3.33. The highest BCUT2D eigenvalue weighted by Gasteiger charge is 2.21. The molecule has 0 radical (unpaired) electrons. The standard InChI is InChI=1S/C24H30FN3O/c25-22-8-4-5-9-23(22)28-16-14-27(15-17-28)18-24(29)26-21-12-10-20(11-13-21)19-6-2-1-3-7-19/h4-5,8-13,19H,1-3,6-7,14-18H2,(H,26,29). The zero-order valence-electron chi connectivity index (χ0n) is 16.9. The fourth-order valence-electron chi connectivity index (χ4n) is 4.53. The van der Waals surface area contributed by atoms with Crippen LogP contribution in [0.2, 0.25) is 0 Å². The van der Waals surface area contributed by atoms with Gasteiger partial charge in [-0.1, -0.05) is 43.5 Å². The van der Waals surface area contributed by atoms with Crippen LogP contribution in [0.25, 0.3) is 0 Å². The van der Waals surface area contributed by atoms with Crippen LogP contribution in [0.15, 0.2) is 48.5 Å². The summed E-state index contributed by atoms with van der Waals surface area (Å²) in [6.07, 6.45) is 6.58. The lowest BCUT2D eigenvalue weighted by molar-refractivity contribution is -0.117. The van der Waals surface area contributed by atoms with Gasteiger partial charge in [0.25, 0.3) is 0 Å². The van der Waals surface area contributed by atoms with Gasteiger partial charge in [-0.25, -0.2) is 4.39 Å². The summed E-state index contributed by atoms with van der Waals surface area (Å²) in [5.74, 6) is 0.504. The van der Waals surface area contributed by atoms with Crippen molar-refractivity contribution in [1.82, 2.24) is 4.90 Å². The van der Waals surface area contributed by atoms with E-state index in [1.807, 2.05) is 29.2 Å². The Labute approximate surface area is 172 Å². The molecule has 0 aromatic heterocycles. The van der Waals surface area contributed by atoms with Crippen LogP contribution in [0.4, 0.5) is 15.8 Å². The first-order valence-electron chi connectivity index (χ1n) is 10.8. The predicted molar refractivity (Wildman–Crippen MR) is 116 cm³/mol. The van der Waals surface area contributed by atoms with Crippen LogP contribution < -0.4 is 10.2 Å². The topological polar surface area (TPSA) is 35.6 Å². The summed E-state index contributed by atoms with van der Waals surface area (Å²) >= 11 is 0. The highest BCUT2D eigenvalue weighted by molar-refractivity contribution is 5.92. The Morgan fingerprint density at radius 3 is 2.31 bits per heavy atom. The molecule has 0 bridgehead atoms. The molecule has 1 amide bonds. The van der Waals surface area contributed by atoms with Gasteiger partial charge >= 0.3 is 0 Å². The lowest BCUT2D eigenvalue weighted by Crippen LogP contribution is -2.48.